The molecule has 1 atom stereocenters. The molecule has 0 spiro atoms. The average molecular weight is 292 g/mol. The van der Waals surface area contributed by atoms with Gasteiger partial charge in [0, 0.05) is 18.2 Å². The molecule has 1 unspecified atom stereocenters. The van der Waals surface area contributed by atoms with Gasteiger partial charge in [-0.3, -0.25) is 4.79 Å². The van der Waals surface area contributed by atoms with Gasteiger partial charge in [-0.25, -0.2) is 0 Å². The fraction of sp³-hybridized carbons (Fsp3) is 0.562. The maximum Gasteiger partial charge on any atom is 0.224 e. The molecule has 1 aromatic rings. The van der Waals surface area contributed by atoms with Gasteiger partial charge in [-0.2, -0.15) is 0 Å². The molecule has 0 saturated heterocycles. The largest absolute Gasteiger partial charge is 0.486 e. The second-order valence-corrected chi connectivity index (χ2v) is 5.30. The summed E-state index contributed by atoms with van der Waals surface area (Å²) >= 11 is 0. The Bertz CT molecular complexity index is 477. The molecular formula is C16H24N2O3. The zero-order valence-electron chi connectivity index (χ0n) is 12.6. The Morgan fingerprint density at radius 2 is 2.05 bits per heavy atom. The van der Waals surface area contributed by atoms with E-state index in [1.54, 1.807) is 0 Å². The molecule has 0 radical (unpaired) electrons. The fourth-order valence-electron chi connectivity index (χ4n) is 2.47. The molecule has 3 N–H and O–H groups in total. The summed E-state index contributed by atoms with van der Waals surface area (Å²) in [6.07, 6.45) is 3.44. The number of nitrogens with two attached hydrogens (primary N) is 1. The van der Waals surface area contributed by atoms with Crippen LogP contribution in [0.5, 0.6) is 11.5 Å². The van der Waals surface area contributed by atoms with Crippen molar-refractivity contribution < 1.29 is 14.3 Å². The van der Waals surface area contributed by atoms with E-state index in [9.17, 15) is 4.79 Å². The van der Waals surface area contributed by atoms with Crippen LogP contribution in [0.15, 0.2) is 18.2 Å². The fourth-order valence-corrected chi connectivity index (χ4v) is 2.47. The van der Waals surface area contributed by atoms with Crippen molar-refractivity contribution in [2.45, 2.75) is 32.6 Å². The van der Waals surface area contributed by atoms with E-state index in [0.29, 0.717) is 37.8 Å². The highest BCUT2D eigenvalue weighted by atomic mass is 16.6. The van der Waals surface area contributed by atoms with Crippen molar-refractivity contribution in [3.05, 3.63) is 18.2 Å². The van der Waals surface area contributed by atoms with Gasteiger partial charge in [0.05, 0.1) is 0 Å². The highest BCUT2D eigenvalue weighted by Crippen LogP contribution is 2.32. The van der Waals surface area contributed by atoms with Crippen LogP contribution in [0.2, 0.25) is 0 Å². The Labute approximate surface area is 125 Å². The number of ether oxygens (including phenoxy) is 2. The van der Waals surface area contributed by atoms with E-state index in [-0.39, 0.29) is 5.91 Å². The molecule has 0 saturated carbocycles. The summed E-state index contributed by atoms with van der Waals surface area (Å²) in [4.78, 5) is 12.0. The Kier molecular flexibility index (Phi) is 5.87. The molecule has 5 heteroatoms. The summed E-state index contributed by atoms with van der Waals surface area (Å²) in [6, 6.07) is 5.47. The van der Waals surface area contributed by atoms with Crippen LogP contribution >= 0.6 is 0 Å². The highest BCUT2D eigenvalue weighted by molar-refractivity contribution is 5.91. The number of fused-ring (bicyclic) bond motifs is 1. The van der Waals surface area contributed by atoms with Crippen molar-refractivity contribution in [1.82, 2.24) is 0 Å². The van der Waals surface area contributed by atoms with Crippen molar-refractivity contribution in [2.75, 3.05) is 25.1 Å². The average Bonchev–Trinajstić information content (AvgIpc) is 2.51. The van der Waals surface area contributed by atoms with Crippen LogP contribution in [0.25, 0.3) is 0 Å². The third-order valence-electron chi connectivity index (χ3n) is 3.76. The van der Waals surface area contributed by atoms with Crippen molar-refractivity contribution in [1.29, 1.82) is 0 Å². The molecule has 1 heterocycles. The summed E-state index contributed by atoms with van der Waals surface area (Å²) in [7, 11) is 0. The van der Waals surface area contributed by atoms with Gasteiger partial charge in [0.1, 0.15) is 13.2 Å². The Morgan fingerprint density at radius 1 is 1.29 bits per heavy atom. The van der Waals surface area contributed by atoms with Gasteiger partial charge in [-0.15, -0.1) is 0 Å². The van der Waals surface area contributed by atoms with Gasteiger partial charge in [0.15, 0.2) is 11.5 Å². The van der Waals surface area contributed by atoms with Crippen molar-refractivity contribution in [2.24, 2.45) is 11.7 Å². The standard InChI is InChI=1S/C16H24N2O3/c1-2-12(7-8-17)3-6-16(19)18-13-4-5-14-15(11-13)21-10-9-20-14/h4-5,11-12H,2-3,6-10,17H2,1H3,(H,18,19). The lowest BCUT2D eigenvalue weighted by Gasteiger charge is -2.19. The van der Waals surface area contributed by atoms with Crippen molar-refractivity contribution in [3.63, 3.8) is 0 Å². The van der Waals surface area contributed by atoms with E-state index in [1.165, 1.54) is 0 Å². The molecular weight excluding hydrogens is 268 g/mol. The topological polar surface area (TPSA) is 73.6 Å². The van der Waals surface area contributed by atoms with Crippen LogP contribution in [0.3, 0.4) is 0 Å². The number of rotatable bonds is 7. The first-order valence-electron chi connectivity index (χ1n) is 7.62. The maximum absolute atomic E-state index is 12.0. The monoisotopic (exact) mass is 292 g/mol. The lowest BCUT2D eigenvalue weighted by atomic mass is 9.96. The third-order valence-corrected chi connectivity index (χ3v) is 3.76. The number of hydrogen-bond acceptors (Lipinski definition) is 4. The van der Waals surface area contributed by atoms with E-state index < -0.39 is 0 Å². The van der Waals surface area contributed by atoms with Gasteiger partial charge in [-0.05, 0) is 37.4 Å². The first kappa shape index (κ1) is 15.6. The predicted molar refractivity (Wildman–Crippen MR) is 82.7 cm³/mol. The number of amides is 1. The van der Waals surface area contributed by atoms with Crippen LogP contribution in [-0.4, -0.2) is 25.7 Å². The summed E-state index contributed by atoms with van der Waals surface area (Å²) in [5.74, 6) is 1.98. The van der Waals surface area contributed by atoms with E-state index >= 15 is 0 Å². The number of hydrogen-bond donors (Lipinski definition) is 2. The van der Waals surface area contributed by atoms with Gasteiger partial charge >= 0.3 is 0 Å². The zero-order chi connectivity index (χ0) is 15.1. The molecule has 0 aliphatic carbocycles. The van der Waals surface area contributed by atoms with Crippen LogP contribution in [-0.2, 0) is 4.79 Å². The Morgan fingerprint density at radius 3 is 2.76 bits per heavy atom. The van der Waals surface area contributed by atoms with E-state index in [4.69, 9.17) is 15.2 Å². The second kappa shape index (κ2) is 7.88. The van der Waals surface area contributed by atoms with Crippen LogP contribution in [0.1, 0.15) is 32.6 Å². The molecule has 1 aliphatic heterocycles. The summed E-state index contributed by atoms with van der Waals surface area (Å²) in [6.45, 7) is 3.93. The van der Waals surface area contributed by atoms with Crippen LogP contribution in [0.4, 0.5) is 5.69 Å². The lowest BCUT2D eigenvalue weighted by Crippen LogP contribution is -2.17. The number of carbonyl (C=O) groups excluding carboxylic acids is 1. The third kappa shape index (κ3) is 4.63. The molecule has 5 nitrogen and oxygen atoms in total. The number of nitrogens with one attached hydrogen (secondary N) is 1. The summed E-state index contributed by atoms with van der Waals surface area (Å²) < 4.78 is 11.0. The number of carbonyl (C=O) groups is 1. The minimum absolute atomic E-state index is 0.0298. The van der Waals surface area contributed by atoms with E-state index in [0.717, 1.165) is 30.7 Å². The molecule has 0 bridgehead atoms. The lowest BCUT2D eigenvalue weighted by molar-refractivity contribution is -0.116. The molecule has 21 heavy (non-hydrogen) atoms. The summed E-state index contributed by atoms with van der Waals surface area (Å²) in [5, 5.41) is 2.91. The minimum atomic E-state index is 0.0298. The van der Waals surface area contributed by atoms with Gasteiger partial charge in [-0.1, -0.05) is 13.3 Å². The van der Waals surface area contributed by atoms with Gasteiger partial charge < -0.3 is 20.5 Å². The first-order valence-corrected chi connectivity index (χ1v) is 7.62. The first-order chi connectivity index (χ1) is 10.2. The van der Waals surface area contributed by atoms with Gasteiger partial charge in [0.25, 0.3) is 0 Å². The smallest absolute Gasteiger partial charge is 0.224 e. The van der Waals surface area contributed by atoms with Gasteiger partial charge in [0.2, 0.25) is 5.91 Å². The molecule has 1 aromatic carbocycles. The van der Waals surface area contributed by atoms with Crippen molar-refractivity contribution >= 4 is 11.6 Å². The van der Waals surface area contributed by atoms with E-state index in [2.05, 4.69) is 12.2 Å². The normalized spacial score (nSPS) is 14.6. The second-order valence-electron chi connectivity index (χ2n) is 5.30. The molecule has 1 aliphatic rings. The van der Waals surface area contributed by atoms with Crippen LogP contribution < -0.4 is 20.5 Å². The number of anilines is 1. The molecule has 2 rings (SSSR count). The number of benzene rings is 1. The Balaban J connectivity index is 1.85. The minimum Gasteiger partial charge on any atom is -0.486 e. The molecule has 1 amide bonds. The SMILES string of the molecule is CCC(CCN)CCC(=O)Nc1ccc2c(c1)OCCO2. The molecule has 0 aromatic heterocycles. The quantitative estimate of drug-likeness (QED) is 0.810. The predicted octanol–water partition coefficient (Wildman–Crippen LogP) is 2.55. The summed E-state index contributed by atoms with van der Waals surface area (Å²) in [5.41, 5.74) is 6.32. The van der Waals surface area contributed by atoms with Crippen molar-refractivity contribution in [3.8, 4) is 11.5 Å². The van der Waals surface area contributed by atoms with E-state index in [1.807, 2.05) is 18.2 Å². The zero-order valence-corrected chi connectivity index (χ0v) is 12.6. The highest BCUT2D eigenvalue weighted by Gasteiger charge is 2.13. The Hall–Kier alpha value is -1.75. The van der Waals surface area contributed by atoms with Crippen LogP contribution in [0, 0.1) is 5.92 Å². The maximum atomic E-state index is 12.0. The molecule has 116 valence electrons. The molecule has 0 fully saturated rings.